The van der Waals surface area contributed by atoms with E-state index in [-0.39, 0.29) is 12.1 Å². The molecule has 2 heteroatoms. The SMILES string of the molecule is C=C1CC[C@H](OC(=O)c2ccccc2)C/C1=C/C=C1CCC[C@@]2(C)C1CC[C@@H]2[C@H](C)CCCC(C)C. The number of carbonyl (C=O) groups is 1. The highest BCUT2D eigenvalue weighted by atomic mass is 16.5. The minimum Gasteiger partial charge on any atom is -0.458 e. The Balaban J connectivity index is 1.41. The smallest absolute Gasteiger partial charge is 0.338 e. The van der Waals surface area contributed by atoms with E-state index in [2.05, 4.69) is 46.4 Å². The summed E-state index contributed by atoms with van der Waals surface area (Å²) in [6, 6.07) is 9.34. The van der Waals surface area contributed by atoms with Crippen LogP contribution in [-0.4, -0.2) is 12.1 Å². The normalized spacial score (nSPS) is 31.6. The van der Waals surface area contributed by atoms with Crippen molar-refractivity contribution in [2.45, 2.75) is 104 Å². The number of hydrogen-bond donors (Lipinski definition) is 0. The molecule has 0 bridgehead atoms. The first-order chi connectivity index (χ1) is 17.3. The Bertz CT molecular complexity index is 968. The summed E-state index contributed by atoms with van der Waals surface area (Å²) in [4.78, 5) is 12.6. The first-order valence-corrected chi connectivity index (χ1v) is 14.6. The third-order valence-electron chi connectivity index (χ3n) is 9.62. The van der Waals surface area contributed by atoms with Crippen LogP contribution in [0, 0.1) is 29.1 Å². The molecule has 0 saturated heterocycles. The molecule has 3 aliphatic rings. The van der Waals surface area contributed by atoms with Crippen LogP contribution in [0.3, 0.4) is 0 Å². The molecular formula is C34H48O2. The van der Waals surface area contributed by atoms with E-state index < -0.39 is 0 Å². The molecule has 1 aromatic rings. The van der Waals surface area contributed by atoms with Crippen LogP contribution in [0.4, 0.5) is 0 Å². The van der Waals surface area contributed by atoms with Crippen LogP contribution in [0.2, 0.25) is 0 Å². The van der Waals surface area contributed by atoms with Gasteiger partial charge in [-0.15, -0.1) is 0 Å². The third kappa shape index (κ3) is 6.24. The molecule has 196 valence electrons. The van der Waals surface area contributed by atoms with Crippen LogP contribution in [0.5, 0.6) is 0 Å². The summed E-state index contributed by atoms with van der Waals surface area (Å²) in [5.41, 5.74) is 5.22. The molecule has 0 N–H and O–H groups in total. The van der Waals surface area contributed by atoms with E-state index in [1.165, 1.54) is 62.5 Å². The van der Waals surface area contributed by atoms with E-state index in [4.69, 9.17) is 4.74 Å². The van der Waals surface area contributed by atoms with Crippen molar-refractivity contribution in [3.63, 3.8) is 0 Å². The molecular weight excluding hydrogens is 440 g/mol. The zero-order valence-electron chi connectivity index (χ0n) is 23.2. The number of rotatable bonds is 8. The Morgan fingerprint density at radius 2 is 1.86 bits per heavy atom. The van der Waals surface area contributed by atoms with Gasteiger partial charge in [-0.25, -0.2) is 4.79 Å². The van der Waals surface area contributed by atoms with Crippen LogP contribution in [0.15, 0.2) is 65.8 Å². The van der Waals surface area contributed by atoms with E-state index in [0.29, 0.717) is 11.0 Å². The Morgan fingerprint density at radius 1 is 1.08 bits per heavy atom. The van der Waals surface area contributed by atoms with Crippen molar-refractivity contribution < 1.29 is 9.53 Å². The van der Waals surface area contributed by atoms with Gasteiger partial charge in [0.2, 0.25) is 0 Å². The molecule has 36 heavy (non-hydrogen) atoms. The highest BCUT2D eigenvalue weighted by Gasteiger charge is 2.50. The molecule has 0 aliphatic heterocycles. The zero-order valence-corrected chi connectivity index (χ0v) is 23.2. The lowest BCUT2D eigenvalue weighted by atomic mass is 9.60. The summed E-state index contributed by atoms with van der Waals surface area (Å²) in [5, 5.41) is 0. The fourth-order valence-corrected chi connectivity index (χ4v) is 7.54. The lowest BCUT2D eigenvalue weighted by molar-refractivity contribution is 0.0270. The number of allylic oxidation sites excluding steroid dienone is 4. The second-order valence-electron chi connectivity index (χ2n) is 12.6. The van der Waals surface area contributed by atoms with Crippen LogP contribution in [0.25, 0.3) is 0 Å². The predicted octanol–water partition coefficient (Wildman–Crippen LogP) is 9.48. The van der Waals surface area contributed by atoms with Gasteiger partial charge in [-0.2, -0.15) is 0 Å². The van der Waals surface area contributed by atoms with Gasteiger partial charge in [-0.1, -0.05) is 95.0 Å². The van der Waals surface area contributed by atoms with Gasteiger partial charge in [0.25, 0.3) is 0 Å². The van der Waals surface area contributed by atoms with Gasteiger partial charge in [0.1, 0.15) is 6.10 Å². The molecule has 0 amide bonds. The topological polar surface area (TPSA) is 26.3 Å². The number of hydrogen-bond acceptors (Lipinski definition) is 2. The van der Waals surface area contributed by atoms with Crippen molar-refractivity contribution in [3.8, 4) is 0 Å². The standard InChI is InChI=1S/C34H48O2/c1-24(2)11-9-12-26(4)31-20-21-32-27(15-10-22-34(31,32)5)17-18-29-23-30(19-16-25(29)3)36-33(35)28-13-7-6-8-14-28/h6-8,13-14,17-18,24,26,30-32H,3,9-12,15-16,19-23H2,1-2,4-5H3/b27-17?,29-18-/t26-,30+,31-,32?,34-/m1/s1. The van der Waals surface area contributed by atoms with Crippen molar-refractivity contribution >= 4 is 5.97 Å². The van der Waals surface area contributed by atoms with Crippen molar-refractivity contribution in [2.75, 3.05) is 0 Å². The number of carbonyl (C=O) groups excluding carboxylic acids is 1. The summed E-state index contributed by atoms with van der Waals surface area (Å²) >= 11 is 0. The van der Waals surface area contributed by atoms with Crippen LogP contribution < -0.4 is 0 Å². The Kier molecular flexibility index (Phi) is 8.96. The van der Waals surface area contributed by atoms with Crippen molar-refractivity contribution in [1.29, 1.82) is 0 Å². The minimum absolute atomic E-state index is 0.0629. The predicted molar refractivity (Wildman–Crippen MR) is 151 cm³/mol. The summed E-state index contributed by atoms with van der Waals surface area (Å²) < 4.78 is 5.88. The van der Waals surface area contributed by atoms with Gasteiger partial charge in [0.15, 0.2) is 0 Å². The van der Waals surface area contributed by atoms with Crippen LogP contribution in [-0.2, 0) is 4.74 Å². The Hall–Kier alpha value is -2.09. The van der Waals surface area contributed by atoms with E-state index >= 15 is 0 Å². The van der Waals surface area contributed by atoms with Gasteiger partial charge in [0, 0.05) is 6.42 Å². The van der Waals surface area contributed by atoms with Gasteiger partial charge in [0.05, 0.1) is 5.56 Å². The van der Waals surface area contributed by atoms with E-state index in [1.54, 1.807) is 5.57 Å². The lowest BCUT2D eigenvalue weighted by Gasteiger charge is -2.44. The highest BCUT2D eigenvalue weighted by molar-refractivity contribution is 5.89. The molecule has 4 rings (SSSR count). The fraction of sp³-hybridized carbons (Fsp3) is 0.618. The Labute approximate surface area is 220 Å². The summed E-state index contributed by atoms with van der Waals surface area (Å²) in [5.74, 6) is 3.02. The molecule has 2 nitrogen and oxygen atoms in total. The monoisotopic (exact) mass is 488 g/mol. The van der Waals surface area contributed by atoms with Gasteiger partial charge < -0.3 is 4.74 Å². The maximum atomic E-state index is 12.6. The van der Waals surface area contributed by atoms with E-state index in [1.807, 2.05) is 30.3 Å². The molecule has 0 aromatic heterocycles. The summed E-state index contributed by atoms with van der Waals surface area (Å²) in [7, 11) is 0. The average molecular weight is 489 g/mol. The van der Waals surface area contributed by atoms with Crippen molar-refractivity contribution in [2.24, 2.45) is 29.1 Å². The van der Waals surface area contributed by atoms with Crippen molar-refractivity contribution in [1.82, 2.24) is 0 Å². The number of benzene rings is 1. The molecule has 3 saturated carbocycles. The second kappa shape index (κ2) is 12.0. The van der Waals surface area contributed by atoms with E-state index in [0.717, 1.165) is 42.9 Å². The number of ether oxygens (including phenoxy) is 1. The molecule has 0 heterocycles. The van der Waals surface area contributed by atoms with Crippen LogP contribution >= 0.6 is 0 Å². The average Bonchev–Trinajstić information content (AvgIpc) is 3.22. The maximum Gasteiger partial charge on any atom is 0.338 e. The first kappa shape index (κ1) is 27.0. The molecule has 5 atom stereocenters. The Morgan fingerprint density at radius 3 is 2.61 bits per heavy atom. The summed E-state index contributed by atoms with van der Waals surface area (Å²) in [6.07, 6.45) is 18.0. The van der Waals surface area contributed by atoms with Crippen molar-refractivity contribution in [3.05, 3.63) is 71.3 Å². The zero-order chi connectivity index (χ0) is 25.7. The van der Waals surface area contributed by atoms with Crippen LogP contribution in [0.1, 0.15) is 109 Å². The second-order valence-corrected chi connectivity index (χ2v) is 12.6. The molecule has 0 spiro atoms. The lowest BCUT2D eigenvalue weighted by Crippen LogP contribution is -2.36. The number of fused-ring (bicyclic) bond motifs is 1. The minimum atomic E-state index is -0.214. The fourth-order valence-electron chi connectivity index (χ4n) is 7.54. The quantitative estimate of drug-likeness (QED) is 0.341. The van der Waals surface area contributed by atoms with Gasteiger partial charge >= 0.3 is 5.97 Å². The van der Waals surface area contributed by atoms with E-state index in [9.17, 15) is 4.79 Å². The molecule has 1 aromatic carbocycles. The molecule has 1 unspecified atom stereocenters. The summed E-state index contributed by atoms with van der Waals surface area (Å²) in [6.45, 7) is 14.2. The maximum absolute atomic E-state index is 12.6. The molecule has 3 fully saturated rings. The highest BCUT2D eigenvalue weighted by Crippen LogP contribution is 2.60. The van der Waals surface area contributed by atoms with Gasteiger partial charge in [-0.05, 0) is 91.7 Å². The number of esters is 1. The van der Waals surface area contributed by atoms with Gasteiger partial charge in [-0.3, -0.25) is 0 Å². The largest absolute Gasteiger partial charge is 0.458 e. The molecule has 0 radical (unpaired) electrons. The molecule has 3 aliphatic carbocycles. The third-order valence-corrected chi connectivity index (χ3v) is 9.62. The first-order valence-electron chi connectivity index (χ1n) is 14.6.